The maximum Gasteiger partial charge on any atom is 0.138 e. The normalized spacial score (nSPS) is 12.8. The molecule has 3 aromatic rings. The summed E-state index contributed by atoms with van der Waals surface area (Å²) in [5.41, 5.74) is 9.77. The van der Waals surface area contributed by atoms with Crippen LogP contribution in [-0.4, -0.2) is 9.38 Å². The van der Waals surface area contributed by atoms with Crippen LogP contribution in [0, 0.1) is 0 Å². The lowest BCUT2D eigenvalue weighted by molar-refractivity contribution is 0.818. The third kappa shape index (κ3) is 2.23. The Hall–Kier alpha value is -1.84. The molecule has 0 aliphatic rings. The molecular formula is C15H14ClN3. The van der Waals surface area contributed by atoms with Gasteiger partial charge >= 0.3 is 0 Å². The van der Waals surface area contributed by atoms with Crippen molar-refractivity contribution in [2.75, 3.05) is 0 Å². The summed E-state index contributed by atoms with van der Waals surface area (Å²) in [6.45, 7) is 1.97. The molecule has 19 heavy (non-hydrogen) atoms. The zero-order valence-corrected chi connectivity index (χ0v) is 11.3. The van der Waals surface area contributed by atoms with Crippen LogP contribution >= 0.6 is 11.6 Å². The van der Waals surface area contributed by atoms with E-state index < -0.39 is 0 Å². The van der Waals surface area contributed by atoms with Crippen LogP contribution in [0.3, 0.4) is 0 Å². The predicted molar refractivity (Wildman–Crippen MR) is 78.2 cm³/mol. The zero-order chi connectivity index (χ0) is 13.4. The van der Waals surface area contributed by atoms with Gasteiger partial charge in [0.25, 0.3) is 0 Å². The maximum absolute atomic E-state index is 6.13. The molecule has 3 nitrogen and oxygen atoms in total. The first kappa shape index (κ1) is 12.2. The molecule has 0 saturated carbocycles. The lowest BCUT2D eigenvalue weighted by Gasteiger charge is -2.05. The molecule has 2 N–H and O–H groups in total. The number of fused-ring (bicyclic) bond motifs is 1. The predicted octanol–water partition coefficient (Wildman–Crippen LogP) is 3.67. The monoisotopic (exact) mass is 271 g/mol. The highest BCUT2D eigenvalue weighted by Gasteiger charge is 2.06. The molecule has 3 rings (SSSR count). The number of pyridine rings is 1. The van der Waals surface area contributed by atoms with E-state index in [9.17, 15) is 0 Å². The van der Waals surface area contributed by atoms with E-state index in [0.29, 0.717) is 5.15 Å². The van der Waals surface area contributed by atoms with Crippen molar-refractivity contribution in [2.24, 2.45) is 5.73 Å². The molecule has 1 atom stereocenters. The van der Waals surface area contributed by atoms with E-state index in [1.54, 1.807) is 0 Å². The van der Waals surface area contributed by atoms with Gasteiger partial charge in [-0.05, 0) is 24.6 Å². The van der Waals surface area contributed by atoms with Gasteiger partial charge in [-0.1, -0.05) is 41.9 Å². The Morgan fingerprint density at radius 1 is 1.16 bits per heavy atom. The molecule has 0 saturated heterocycles. The van der Waals surface area contributed by atoms with E-state index in [0.717, 1.165) is 22.5 Å². The molecule has 96 valence electrons. The fourth-order valence-electron chi connectivity index (χ4n) is 2.07. The van der Waals surface area contributed by atoms with Gasteiger partial charge in [0.1, 0.15) is 10.8 Å². The second-order valence-electron chi connectivity index (χ2n) is 4.61. The number of hydrogen-bond donors (Lipinski definition) is 1. The SMILES string of the molecule is CC(N)c1ccc(-c2cn3c(Cl)cccc3n2)cc1. The van der Waals surface area contributed by atoms with E-state index in [1.807, 2.05) is 60.0 Å². The van der Waals surface area contributed by atoms with Crippen LogP contribution in [0.2, 0.25) is 5.15 Å². The molecule has 0 spiro atoms. The average molecular weight is 272 g/mol. The summed E-state index contributed by atoms with van der Waals surface area (Å²) in [6, 6.07) is 13.9. The minimum Gasteiger partial charge on any atom is -0.324 e. The van der Waals surface area contributed by atoms with Gasteiger partial charge < -0.3 is 5.73 Å². The van der Waals surface area contributed by atoms with Crippen molar-refractivity contribution >= 4 is 17.2 Å². The second-order valence-corrected chi connectivity index (χ2v) is 5.00. The van der Waals surface area contributed by atoms with Crippen molar-refractivity contribution in [1.29, 1.82) is 0 Å². The smallest absolute Gasteiger partial charge is 0.138 e. The van der Waals surface area contributed by atoms with E-state index in [1.165, 1.54) is 0 Å². The third-order valence-corrected chi connectivity index (χ3v) is 3.48. The number of nitrogens with zero attached hydrogens (tertiary/aromatic N) is 2. The first-order chi connectivity index (χ1) is 9.15. The largest absolute Gasteiger partial charge is 0.324 e. The standard InChI is InChI=1S/C15H14ClN3/c1-10(17)11-5-7-12(8-6-11)13-9-19-14(16)3-2-4-15(19)18-13/h2-10H,17H2,1H3. The van der Waals surface area contributed by atoms with E-state index >= 15 is 0 Å². The molecule has 0 aliphatic heterocycles. The third-order valence-electron chi connectivity index (χ3n) is 3.17. The van der Waals surface area contributed by atoms with Crippen LogP contribution in [0.1, 0.15) is 18.5 Å². The number of benzene rings is 1. The van der Waals surface area contributed by atoms with Crippen molar-refractivity contribution in [3.63, 3.8) is 0 Å². The van der Waals surface area contributed by atoms with Gasteiger partial charge in [0.05, 0.1) is 5.69 Å². The van der Waals surface area contributed by atoms with Gasteiger partial charge in [-0.15, -0.1) is 0 Å². The minimum absolute atomic E-state index is 0.0459. The van der Waals surface area contributed by atoms with Gasteiger partial charge in [0, 0.05) is 17.8 Å². The molecule has 1 aromatic carbocycles. The van der Waals surface area contributed by atoms with Crippen LogP contribution in [0.15, 0.2) is 48.7 Å². The summed E-state index contributed by atoms with van der Waals surface area (Å²) < 4.78 is 1.87. The van der Waals surface area contributed by atoms with E-state index in [4.69, 9.17) is 17.3 Å². The lowest BCUT2D eigenvalue weighted by Crippen LogP contribution is -2.04. The molecule has 4 heteroatoms. The topological polar surface area (TPSA) is 43.3 Å². The van der Waals surface area contributed by atoms with Crippen LogP contribution in [0.5, 0.6) is 0 Å². The summed E-state index contributed by atoms with van der Waals surface area (Å²) in [6.07, 6.45) is 1.94. The fourth-order valence-corrected chi connectivity index (χ4v) is 2.28. The fraction of sp³-hybridized carbons (Fsp3) is 0.133. The number of nitrogens with two attached hydrogens (primary N) is 1. The van der Waals surface area contributed by atoms with E-state index in [2.05, 4.69) is 4.98 Å². The highest BCUT2D eigenvalue weighted by atomic mass is 35.5. The minimum atomic E-state index is 0.0459. The van der Waals surface area contributed by atoms with Gasteiger partial charge in [-0.3, -0.25) is 4.40 Å². The maximum atomic E-state index is 6.13. The molecule has 1 unspecified atom stereocenters. The van der Waals surface area contributed by atoms with Crippen LogP contribution in [-0.2, 0) is 0 Å². The Labute approximate surface area is 116 Å². The molecule has 0 fully saturated rings. The molecule has 0 amide bonds. The van der Waals surface area contributed by atoms with Crippen LogP contribution in [0.25, 0.3) is 16.9 Å². The zero-order valence-electron chi connectivity index (χ0n) is 10.5. The Morgan fingerprint density at radius 2 is 1.89 bits per heavy atom. The average Bonchev–Trinajstić information content (AvgIpc) is 2.84. The van der Waals surface area contributed by atoms with Crippen LogP contribution < -0.4 is 5.73 Å². The summed E-state index contributed by atoms with van der Waals surface area (Å²) in [5.74, 6) is 0. The Bertz CT molecular complexity index is 714. The molecule has 0 radical (unpaired) electrons. The van der Waals surface area contributed by atoms with Gasteiger partial charge in [-0.25, -0.2) is 4.98 Å². The Balaban J connectivity index is 2.06. The molecule has 2 heterocycles. The lowest BCUT2D eigenvalue weighted by atomic mass is 10.1. The number of rotatable bonds is 2. The van der Waals surface area contributed by atoms with Gasteiger partial charge in [-0.2, -0.15) is 0 Å². The second kappa shape index (κ2) is 4.68. The van der Waals surface area contributed by atoms with Crippen molar-refractivity contribution in [3.8, 4) is 11.3 Å². The van der Waals surface area contributed by atoms with E-state index in [-0.39, 0.29) is 6.04 Å². The number of imidazole rings is 1. The first-order valence-corrected chi connectivity index (χ1v) is 6.52. The number of aromatic nitrogens is 2. The molecule has 0 aliphatic carbocycles. The van der Waals surface area contributed by atoms with Crippen LogP contribution in [0.4, 0.5) is 0 Å². The molecular weight excluding hydrogens is 258 g/mol. The van der Waals surface area contributed by atoms with Gasteiger partial charge in [0.2, 0.25) is 0 Å². The van der Waals surface area contributed by atoms with Crippen molar-refractivity contribution in [2.45, 2.75) is 13.0 Å². The summed E-state index contributed by atoms with van der Waals surface area (Å²) in [5, 5.41) is 0.656. The number of halogens is 1. The number of hydrogen-bond acceptors (Lipinski definition) is 2. The quantitative estimate of drug-likeness (QED) is 0.723. The highest BCUT2D eigenvalue weighted by Crippen LogP contribution is 2.23. The van der Waals surface area contributed by atoms with Crippen molar-refractivity contribution < 1.29 is 0 Å². The summed E-state index contributed by atoms with van der Waals surface area (Å²) in [7, 11) is 0. The van der Waals surface area contributed by atoms with Crippen molar-refractivity contribution in [1.82, 2.24) is 9.38 Å². The highest BCUT2D eigenvalue weighted by molar-refractivity contribution is 6.29. The summed E-state index contributed by atoms with van der Waals surface area (Å²) in [4.78, 5) is 4.57. The molecule has 2 aromatic heterocycles. The Morgan fingerprint density at radius 3 is 2.53 bits per heavy atom. The van der Waals surface area contributed by atoms with Gasteiger partial charge in [0.15, 0.2) is 0 Å². The summed E-state index contributed by atoms with van der Waals surface area (Å²) >= 11 is 6.13. The van der Waals surface area contributed by atoms with Crippen molar-refractivity contribution in [3.05, 3.63) is 59.4 Å². The first-order valence-electron chi connectivity index (χ1n) is 6.15. The molecule has 0 bridgehead atoms. The Kier molecular flexibility index (Phi) is 3.01.